The van der Waals surface area contributed by atoms with Crippen LogP contribution in [0.5, 0.6) is 5.75 Å². The molecule has 0 radical (unpaired) electrons. The number of allylic oxidation sites excluding steroid dienone is 5. The van der Waals surface area contributed by atoms with E-state index in [1.807, 2.05) is 27.7 Å². The van der Waals surface area contributed by atoms with Crippen LogP contribution in [0.15, 0.2) is 42.0 Å². The van der Waals surface area contributed by atoms with Crippen LogP contribution in [0.4, 0.5) is 13.2 Å². The monoisotopic (exact) mass is 408 g/mol. The molecule has 1 aromatic rings. The average molecular weight is 408 g/mol. The molecule has 0 aliphatic heterocycles. The van der Waals surface area contributed by atoms with Gasteiger partial charge in [-0.3, -0.25) is 0 Å². The molecule has 0 bridgehead atoms. The molecule has 29 heavy (non-hydrogen) atoms. The van der Waals surface area contributed by atoms with E-state index >= 15 is 0 Å². The first-order valence-corrected chi connectivity index (χ1v) is 9.40. The lowest BCUT2D eigenvalue weighted by atomic mass is 9.62. The molecule has 6 heteroatoms. The Morgan fingerprint density at radius 3 is 2.07 bits per heavy atom. The van der Waals surface area contributed by atoms with E-state index in [4.69, 9.17) is 5.11 Å². The van der Waals surface area contributed by atoms with Crippen molar-refractivity contribution in [3.8, 4) is 5.75 Å². The van der Waals surface area contributed by atoms with Crippen molar-refractivity contribution in [1.29, 1.82) is 0 Å². The first kappa shape index (κ1) is 22.8. The number of carboxylic acids is 1. The number of benzene rings is 1. The minimum absolute atomic E-state index is 0.235. The van der Waals surface area contributed by atoms with Crippen LogP contribution in [0.2, 0.25) is 0 Å². The van der Waals surface area contributed by atoms with Crippen LogP contribution in [0.3, 0.4) is 0 Å². The molecule has 1 aliphatic rings. The Bertz CT molecular complexity index is 901. The molecule has 1 aromatic carbocycles. The van der Waals surface area contributed by atoms with Gasteiger partial charge in [0.05, 0.1) is 5.57 Å². The van der Waals surface area contributed by atoms with Gasteiger partial charge in [-0.15, -0.1) is 0 Å². The van der Waals surface area contributed by atoms with Crippen LogP contribution in [-0.4, -0.2) is 22.4 Å². The molecule has 0 amide bonds. The second-order valence-corrected chi connectivity index (χ2v) is 8.85. The molecular weight excluding hydrogens is 381 g/mol. The van der Waals surface area contributed by atoms with E-state index in [9.17, 15) is 23.1 Å². The largest absolute Gasteiger partial charge is 0.507 e. The Labute approximate surface area is 169 Å². The van der Waals surface area contributed by atoms with Crippen molar-refractivity contribution in [2.24, 2.45) is 0 Å². The Balaban J connectivity index is 2.63. The van der Waals surface area contributed by atoms with Crippen molar-refractivity contribution in [3.05, 3.63) is 58.7 Å². The standard InChI is InChI=1S/C23H27F3O3/c1-14(11-20(28)29)7-6-8-16(23(24,25)26)15-12-17-18(13-19(15)27)22(4,5)10-9-21(17,2)3/h6-8,11-13,27H,9-10H2,1-5H3,(H,28,29)/b7-6+,14-11+,16-8-. The van der Waals surface area contributed by atoms with E-state index in [0.29, 0.717) is 5.57 Å². The summed E-state index contributed by atoms with van der Waals surface area (Å²) in [5, 5.41) is 19.2. The summed E-state index contributed by atoms with van der Waals surface area (Å²) >= 11 is 0. The summed E-state index contributed by atoms with van der Waals surface area (Å²) in [5.41, 5.74) is 0.188. The number of halogens is 3. The molecule has 2 N–H and O–H groups in total. The summed E-state index contributed by atoms with van der Waals surface area (Å²) in [6, 6.07) is 2.92. The van der Waals surface area contributed by atoms with Gasteiger partial charge in [0, 0.05) is 11.6 Å². The number of phenolic OH excluding ortho intramolecular Hbond substituents is 1. The van der Waals surface area contributed by atoms with Crippen LogP contribution < -0.4 is 0 Å². The molecular formula is C23H27F3O3. The zero-order valence-corrected chi connectivity index (χ0v) is 17.3. The van der Waals surface area contributed by atoms with Crippen LogP contribution in [0.1, 0.15) is 64.2 Å². The Kier molecular flexibility index (Phi) is 6.07. The quantitative estimate of drug-likeness (QED) is 0.456. The van der Waals surface area contributed by atoms with E-state index in [1.54, 1.807) is 0 Å². The summed E-state index contributed by atoms with van der Waals surface area (Å²) in [6.07, 6.45) is 1.22. The van der Waals surface area contributed by atoms with Gasteiger partial charge in [-0.05, 0) is 65.5 Å². The minimum Gasteiger partial charge on any atom is -0.507 e. The molecule has 0 fully saturated rings. The van der Waals surface area contributed by atoms with Gasteiger partial charge in [0.2, 0.25) is 0 Å². The lowest BCUT2D eigenvalue weighted by Crippen LogP contribution is -2.34. The minimum atomic E-state index is -4.69. The van der Waals surface area contributed by atoms with Crippen molar-refractivity contribution in [2.45, 2.75) is 64.5 Å². The number of fused-ring (bicyclic) bond motifs is 1. The molecule has 0 unspecified atom stereocenters. The molecule has 0 spiro atoms. The third kappa shape index (κ3) is 5.11. The lowest BCUT2D eigenvalue weighted by molar-refractivity contribution is -0.131. The number of carboxylic acid groups (broad SMARTS) is 1. The van der Waals surface area contributed by atoms with Gasteiger partial charge in [0.25, 0.3) is 0 Å². The number of carbonyl (C=O) groups is 1. The Morgan fingerprint density at radius 1 is 1.07 bits per heavy atom. The van der Waals surface area contributed by atoms with Gasteiger partial charge in [-0.1, -0.05) is 39.8 Å². The fourth-order valence-electron chi connectivity index (χ4n) is 3.69. The Morgan fingerprint density at radius 2 is 1.59 bits per heavy atom. The van der Waals surface area contributed by atoms with Crippen molar-refractivity contribution in [2.75, 3.05) is 0 Å². The fourth-order valence-corrected chi connectivity index (χ4v) is 3.69. The molecule has 0 saturated heterocycles. The maximum atomic E-state index is 13.8. The van der Waals surface area contributed by atoms with Gasteiger partial charge in [0.15, 0.2) is 0 Å². The summed E-state index contributed by atoms with van der Waals surface area (Å²) in [5.74, 6) is -1.59. The van der Waals surface area contributed by atoms with Crippen LogP contribution in [0, 0.1) is 0 Å². The van der Waals surface area contributed by atoms with Crippen molar-refractivity contribution < 1.29 is 28.2 Å². The first-order valence-electron chi connectivity index (χ1n) is 9.40. The first-order chi connectivity index (χ1) is 13.1. The maximum Gasteiger partial charge on any atom is 0.417 e. The smallest absolute Gasteiger partial charge is 0.417 e. The SMILES string of the molecule is CC(/C=C/C=C(/c1cc2c(cc1O)C(C)(C)CCC2(C)C)C(F)(F)F)=C\C(=O)O. The van der Waals surface area contributed by atoms with E-state index in [1.165, 1.54) is 25.1 Å². The topological polar surface area (TPSA) is 57.5 Å². The molecule has 0 heterocycles. The highest BCUT2D eigenvalue weighted by molar-refractivity contribution is 5.81. The molecule has 0 saturated carbocycles. The van der Waals surface area contributed by atoms with Crippen LogP contribution in [-0.2, 0) is 15.6 Å². The van der Waals surface area contributed by atoms with Crippen molar-refractivity contribution in [1.82, 2.24) is 0 Å². The maximum absolute atomic E-state index is 13.8. The number of phenols is 1. The average Bonchev–Trinajstić information content (AvgIpc) is 2.54. The van der Waals surface area contributed by atoms with E-state index in [-0.39, 0.29) is 16.4 Å². The Hall–Kier alpha value is -2.50. The van der Waals surface area contributed by atoms with E-state index in [2.05, 4.69) is 0 Å². The molecule has 1 aliphatic carbocycles. The lowest BCUT2D eigenvalue weighted by Gasteiger charge is -2.42. The summed E-state index contributed by atoms with van der Waals surface area (Å²) in [4.78, 5) is 10.6. The summed E-state index contributed by atoms with van der Waals surface area (Å²) in [7, 11) is 0. The molecule has 3 nitrogen and oxygen atoms in total. The second kappa shape index (κ2) is 7.73. The normalized spacial score (nSPS) is 19.3. The number of hydrogen-bond acceptors (Lipinski definition) is 2. The highest BCUT2D eigenvalue weighted by Crippen LogP contribution is 2.49. The highest BCUT2D eigenvalue weighted by Gasteiger charge is 2.41. The van der Waals surface area contributed by atoms with Gasteiger partial charge in [0.1, 0.15) is 5.75 Å². The third-order valence-corrected chi connectivity index (χ3v) is 5.54. The molecule has 0 aromatic heterocycles. The van der Waals surface area contributed by atoms with Crippen LogP contribution in [0.25, 0.3) is 5.57 Å². The summed E-state index contributed by atoms with van der Waals surface area (Å²) in [6.45, 7) is 9.53. The molecule has 2 rings (SSSR count). The number of rotatable bonds is 4. The molecule has 158 valence electrons. The number of aromatic hydroxyl groups is 1. The number of alkyl halides is 3. The van der Waals surface area contributed by atoms with Gasteiger partial charge >= 0.3 is 12.1 Å². The van der Waals surface area contributed by atoms with Crippen LogP contribution >= 0.6 is 0 Å². The molecule has 0 atom stereocenters. The fraction of sp³-hybridized carbons (Fsp3) is 0.435. The van der Waals surface area contributed by atoms with Gasteiger partial charge in [-0.25, -0.2) is 4.79 Å². The zero-order valence-electron chi connectivity index (χ0n) is 17.3. The van der Waals surface area contributed by atoms with E-state index < -0.39 is 23.5 Å². The number of aliphatic carboxylic acids is 1. The zero-order chi connectivity index (χ0) is 22.2. The van der Waals surface area contributed by atoms with Crippen molar-refractivity contribution >= 4 is 11.5 Å². The number of hydrogen-bond donors (Lipinski definition) is 2. The van der Waals surface area contributed by atoms with E-state index in [0.717, 1.165) is 42.2 Å². The highest BCUT2D eigenvalue weighted by atomic mass is 19.4. The van der Waals surface area contributed by atoms with Crippen molar-refractivity contribution in [3.63, 3.8) is 0 Å². The second-order valence-electron chi connectivity index (χ2n) is 8.85. The predicted molar refractivity (Wildman–Crippen MR) is 108 cm³/mol. The predicted octanol–water partition coefficient (Wildman–Crippen LogP) is 6.27. The summed E-state index contributed by atoms with van der Waals surface area (Å²) < 4.78 is 41.3. The third-order valence-electron chi connectivity index (χ3n) is 5.54. The van der Waals surface area contributed by atoms with Gasteiger partial charge in [-0.2, -0.15) is 13.2 Å². The van der Waals surface area contributed by atoms with Gasteiger partial charge < -0.3 is 10.2 Å².